The number of carbonyl (C=O) groups is 1. The summed E-state index contributed by atoms with van der Waals surface area (Å²) in [7, 11) is 0. The molecular formula is C16H21NO2. The van der Waals surface area contributed by atoms with E-state index in [2.05, 4.69) is 17.2 Å². The summed E-state index contributed by atoms with van der Waals surface area (Å²) in [4.78, 5) is 12.0. The Morgan fingerprint density at radius 1 is 1.32 bits per heavy atom. The maximum atomic E-state index is 12.0. The Morgan fingerprint density at radius 3 is 2.47 bits per heavy atom. The van der Waals surface area contributed by atoms with E-state index >= 15 is 0 Å². The second kappa shape index (κ2) is 6.96. The van der Waals surface area contributed by atoms with Crippen molar-refractivity contribution in [2.75, 3.05) is 6.61 Å². The first-order valence-electron chi connectivity index (χ1n) is 6.51. The number of nitrogens with one attached hydrogen (secondary N) is 1. The zero-order chi connectivity index (χ0) is 14.3. The van der Waals surface area contributed by atoms with Crippen LogP contribution in [0.5, 0.6) is 0 Å². The third-order valence-corrected chi connectivity index (χ3v) is 2.95. The number of hydrogen-bond acceptors (Lipinski definition) is 2. The maximum absolute atomic E-state index is 12.0. The smallest absolute Gasteiger partial charge is 0.251 e. The Kier molecular flexibility index (Phi) is 5.59. The molecule has 0 aromatic heterocycles. The van der Waals surface area contributed by atoms with Gasteiger partial charge in [-0.05, 0) is 44.5 Å². The second-order valence-electron chi connectivity index (χ2n) is 5.04. The summed E-state index contributed by atoms with van der Waals surface area (Å²) in [5.41, 5.74) is 1.28. The van der Waals surface area contributed by atoms with Crippen molar-refractivity contribution in [1.29, 1.82) is 0 Å². The molecule has 102 valence electrons. The quantitative estimate of drug-likeness (QED) is 0.815. The van der Waals surface area contributed by atoms with Crippen molar-refractivity contribution >= 4 is 5.91 Å². The number of aliphatic hydroxyl groups is 1. The summed E-state index contributed by atoms with van der Waals surface area (Å²) < 4.78 is 0. The lowest BCUT2D eigenvalue weighted by molar-refractivity contribution is 0.0911. The molecule has 19 heavy (non-hydrogen) atoms. The third kappa shape index (κ3) is 5.15. The van der Waals surface area contributed by atoms with E-state index < -0.39 is 0 Å². The lowest BCUT2D eigenvalue weighted by atomic mass is 10.0. The van der Waals surface area contributed by atoms with E-state index in [9.17, 15) is 4.79 Å². The molecule has 0 radical (unpaired) electrons. The zero-order valence-electron chi connectivity index (χ0n) is 11.8. The van der Waals surface area contributed by atoms with E-state index in [-0.39, 0.29) is 18.1 Å². The third-order valence-electron chi connectivity index (χ3n) is 2.95. The van der Waals surface area contributed by atoms with Gasteiger partial charge in [-0.3, -0.25) is 4.79 Å². The van der Waals surface area contributed by atoms with Gasteiger partial charge >= 0.3 is 0 Å². The van der Waals surface area contributed by atoms with Gasteiger partial charge in [0, 0.05) is 23.1 Å². The SMILES string of the molecule is CCC(C)(C)NC(=O)c1ccc(C#CCCO)cc1. The molecule has 0 aliphatic carbocycles. The van der Waals surface area contributed by atoms with Crippen LogP contribution < -0.4 is 5.32 Å². The van der Waals surface area contributed by atoms with Crippen molar-refractivity contribution in [3.05, 3.63) is 35.4 Å². The fraction of sp³-hybridized carbons (Fsp3) is 0.438. The van der Waals surface area contributed by atoms with Crippen LogP contribution in [0.25, 0.3) is 0 Å². The van der Waals surface area contributed by atoms with Gasteiger partial charge in [-0.2, -0.15) is 0 Å². The highest BCUT2D eigenvalue weighted by Crippen LogP contribution is 2.10. The van der Waals surface area contributed by atoms with E-state index in [1.165, 1.54) is 0 Å². The summed E-state index contributed by atoms with van der Waals surface area (Å²) in [6.07, 6.45) is 1.34. The van der Waals surface area contributed by atoms with E-state index in [1.54, 1.807) is 12.1 Å². The molecule has 0 saturated carbocycles. The highest BCUT2D eigenvalue weighted by atomic mass is 16.2. The van der Waals surface area contributed by atoms with Crippen molar-refractivity contribution < 1.29 is 9.90 Å². The van der Waals surface area contributed by atoms with Crippen LogP contribution in [-0.2, 0) is 0 Å². The van der Waals surface area contributed by atoms with Gasteiger partial charge in [0.15, 0.2) is 0 Å². The van der Waals surface area contributed by atoms with Gasteiger partial charge in [0.2, 0.25) is 0 Å². The molecule has 1 aromatic carbocycles. The van der Waals surface area contributed by atoms with Crippen LogP contribution in [0.15, 0.2) is 24.3 Å². The second-order valence-corrected chi connectivity index (χ2v) is 5.04. The Hall–Kier alpha value is -1.79. The average Bonchev–Trinajstić information content (AvgIpc) is 2.39. The van der Waals surface area contributed by atoms with Crippen molar-refractivity contribution in [1.82, 2.24) is 5.32 Å². The largest absolute Gasteiger partial charge is 0.395 e. The van der Waals surface area contributed by atoms with Gasteiger partial charge in [0.05, 0.1) is 6.61 Å². The van der Waals surface area contributed by atoms with Gasteiger partial charge in [-0.1, -0.05) is 18.8 Å². The maximum Gasteiger partial charge on any atom is 0.251 e. The number of benzene rings is 1. The van der Waals surface area contributed by atoms with Gasteiger partial charge in [0.1, 0.15) is 0 Å². The van der Waals surface area contributed by atoms with Gasteiger partial charge in [0.25, 0.3) is 5.91 Å². The van der Waals surface area contributed by atoms with E-state index in [0.29, 0.717) is 12.0 Å². The first kappa shape index (κ1) is 15.3. The molecule has 0 fully saturated rings. The Bertz CT molecular complexity index is 478. The van der Waals surface area contributed by atoms with Gasteiger partial charge in [-0.25, -0.2) is 0 Å². The molecule has 1 aromatic rings. The molecule has 1 rings (SSSR count). The van der Waals surface area contributed by atoms with Crippen molar-refractivity contribution in [2.45, 2.75) is 39.2 Å². The van der Waals surface area contributed by atoms with Crippen molar-refractivity contribution in [2.24, 2.45) is 0 Å². The number of aliphatic hydroxyl groups excluding tert-OH is 1. The topological polar surface area (TPSA) is 49.3 Å². The molecule has 0 heterocycles. The summed E-state index contributed by atoms with van der Waals surface area (Å²) >= 11 is 0. The van der Waals surface area contributed by atoms with Crippen molar-refractivity contribution in [3.63, 3.8) is 0 Å². The van der Waals surface area contributed by atoms with E-state index in [1.807, 2.05) is 32.9 Å². The van der Waals surface area contributed by atoms with Crippen LogP contribution in [0.1, 0.15) is 49.5 Å². The molecule has 1 amide bonds. The minimum Gasteiger partial charge on any atom is -0.395 e. The van der Waals surface area contributed by atoms with Gasteiger partial charge in [-0.15, -0.1) is 0 Å². The van der Waals surface area contributed by atoms with Crippen LogP contribution in [0.2, 0.25) is 0 Å². The molecule has 0 spiro atoms. The number of hydrogen-bond donors (Lipinski definition) is 2. The molecule has 0 bridgehead atoms. The molecule has 2 N–H and O–H groups in total. The van der Waals surface area contributed by atoms with Crippen LogP contribution in [-0.4, -0.2) is 23.2 Å². The summed E-state index contributed by atoms with van der Waals surface area (Å²) in [5, 5.41) is 11.6. The highest BCUT2D eigenvalue weighted by molar-refractivity contribution is 5.94. The van der Waals surface area contributed by atoms with Crippen molar-refractivity contribution in [3.8, 4) is 11.8 Å². The summed E-state index contributed by atoms with van der Waals surface area (Å²) in [5.74, 6) is 5.71. The molecule has 3 heteroatoms. The molecular weight excluding hydrogens is 238 g/mol. The number of rotatable bonds is 4. The Balaban J connectivity index is 2.72. The highest BCUT2D eigenvalue weighted by Gasteiger charge is 2.18. The monoisotopic (exact) mass is 259 g/mol. The van der Waals surface area contributed by atoms with E-state index in [0.717, 1.165) is 12.0 Å². The minimum atomic E-state index is -0.198. The van der Waals surface area contributed by atoms with Crippen LogP contribution >= 0.6 is 0 Å². The van der Waals surface area contributed by atoms with Gasteiger partial charge < -0.3 is 10.4 Å². The summed E-state index contributed by atoms with van der Waals surface area (Å²) in [6, 6.07) is 7.17. The first-order chi connectivity index (χ1) is 8.98. The standard InChI is InChI=1S/C16H21NO2/c1-4-16(2,3)17-15(19)14-10-8-13(9-11-14)7-5-6-12-18/h8-11,18H,4,6,12H2,1-3H3,(H,17,19). The van der Waals surface area contributed by atoms with Crippen LogP contribution in [0, 0.1) is 11.8 Å². The molecule has 0 aliphatic heterocycles. The molecule has 3 nitrogen and oxygen atoms in total. The van der Waals surface area contributed by atoms with E-state index in [4.69, 9.17) is 5.11 Å². The zero-order valence-corrected chi connectivity index (χ0v) is 11.8. The first-order valence-corrected chi connectivity index (χ1v) is 6.51. The fourth-order valence-electron chi connectivity index (χ4n) is 1.39. The molecule has 0 saturated heterocycles. The lowest BCUT2D eigenvalue weighted by Gasteiger charge is -2.24. The summed E-state index contributed by atoms with van der Waals surface area (Å²) in [6.45, 7) is 6.11. The lowest BCUT2D eigenvalue weighted by Crippen LogP contribution is -2.42. The molecule has 0 aliphatic rings. The van der Waals surface area contributed by atoms with Crippen LogP contribution in [0.4, 0.5) is 0 Å². The van der Waals surface area contributed by atoms with Crippen LogP contribution in [0.3, 0.4) is 0 Å². The number of carbonyl (C=O) groups excluding carboxylic acids is 1. The normalized spacial score (nSPS) is 10.5. The molecule has 0 atom stereocenters. The average molecular weight is 259 g/mol. The minimum absolute atomic E-state index is 0.0679. The predicted octanol–water partition coefficient (Wildman–Crippen LogP) is 2.34. The Labute approximate surface area is 115 Å². The fourth-order valence-corrected chi connectivity index (χ4v) is 1.39. The Morgan fingerprint density at radius 2 is 1.95 bits per heavy atom. The predicted molar refractivity (Wildman–Crippen MR) is 76.9 cm³/mol. The molecule has 0 unspecified atom stereocenters. The number of amides is 1.